The predicted molar refractivity (Wildman–Crippen MR) is 60.6 cm³/mol. The highest BCUT2D eigenvalue weighted by molar-refractivity contribution is 8.03. The minimum Gasteiger partial charge on any atom is -0.396 e. The summed E-state index contributed by atoms with van der Waals surface area (Å²) >= 11 is 1.59. The molecule has 0 atom stereocenters. The van der Waals surface area contributed by atoms with E-state index >= 15 is 0 Å². The average Bonchev–Trinajstić information content (AvgIpc) is 2.17. The summed E-state index contributed by atoms with van der Waals surface area (Å²) in [5, 5.41) is 11.6. The summed E-state index contributed by atoms with van der Waals surface area (Å²) in [6.45, 7) is 5.89. The van der Waals surface area contributed by atoms with Crippen molar-refractivity contribution in [1.29, 1.82) is 0 Å². The van der Waals surface area contributed by atoms with Crippen LogP contribution in [0.25, 0.3) is 0 Å². The molecule has 0 heterocycles. The SMILES string of the molecule is C=C/C(=C\C=C(/C)NC)SCCO. The van der Waals surface area contributed by atoms with Crippen LogP contribution in [0.3, 0.4) is 0 Å². The van der Waals surface area contributed by atoms with E-state index < -0.39 is 0 Å². The van der Waals surface area contributed by atoms with Crippen molar-refractivity contribution in [1.82, 2.24) is 5.32 Å². The molecule has 0 bridgehead atoms. The molecule has 0 aromatic rings. The summed E-state index contributed by atoms with van der Waals surface area (Å²) in [6, 6.07) is 0. The van der Waals surface area contributed by atoms with Gasteiger partial charge in [0.1, 0.15) is 0 Å². The van der Waals surface area contributed by atoms with E-state index in [2.05, 4.69) is 11.9 Å². The first-order valence-corrected chi connectivity index (χ1v) is 5.15. The van der Waals surface area contributed by atoms with Gasteiger partial charge < -0.3 is 10.4 Å². The van der Waals surface area contributed by atoms with Crippen molar-refractivity contribution in [2.45, 2.75) is 6.92 Å². The Balaban J connectivity index is 4.13. The molecule has 0 fully saturated rings. The van der Waals surface area contributed by atoms with Crippen LogP contribution in [-0.4, -0.2) is 24.5 Å². The van der Waals surface area contributed by atoms with Gasteiger partial charge in [-0.2, -0.15) is 0 Å². The Morgan fingerprint density at radius 2 is 2.23 bits per heavy atom. The fourth-order valence-corrected chi connectivity index (χ4v) is 1.24. The molecule has 74 valence electrons. The van der Waals surface area contributed by atoms with Crippen LogP contribution < -0.4 is 5.32 Å². The smallest absolute Gasteiger partial charge is 0.0525 e. The number of allylic oxidation sites excluding steroid dienone is 4. The summed E-state index contributed by atoms with van der Waals surface area (Å²) in [4.78, 5) is 1.07. The maximum Gasteiger partial charge on any atom is 0.0525 e. The number of rotatable bonds is 6. The minimum absolute atomic E-state index is 0.199. The number of hydrogen-bond donors (Lipinski definition) is 2. The number of thioether (sulfide) groups is 1. The predicted octanol–water partition coefficient (Wildman–Crippen LogP) is 1.90. The third-order valence-corrected chi connectivity index (χ3v) is 2.48. The molecule has 2 nitrogen and oxygen atoms in total. The molecule has 13 heavy (non-hydrogen) atoms. The van der Waals surface area contributed by atoms with E-state index in [0.717, 1.165) is 10.6 Å². The van der Waals surface area contributed by atoms with Gasteiger partial charge in [0, 0.05) is 23.4 Å². The van der Waals surface area contributed by atoms with Crippen molar-refractivity contribution in [3.05, 3.63) is 35.4 Å². The summed E-state index contributed by atoms with van der Waals surface area (Å²) in [6.07, 6.45) is 5.76. The van der Waals surface area contributed by atoms with Crippen molar-refractivity contribution in [2.24, 2.45) is 0 Å². The fraction of sp³-hybridized carbons (Fsp3) is 0.400. The van der Waals surface area contributed by atoms with Crippen LogP contribution in [0.15, 0.2) is 35.4 Å². The van der Waals surface area contributed by atoms with Gasteiger partial charge in [0.15, 0.2) is 0 Å². The van der Waals surface area contributed by atoms with E-state index in [1.807, 2.05) is 26.1 Å². The third kappa shape index (κ3) is 6.49. The van der Waals surface area contributed by atoms with Gasteiger partial charge in [0.05, 0.1) is 6.61 Å². The zero-order valence-electron chi connectivity index (χ0n) is 8.21. The van der Waals surface area contributed by atoms with E-state index in [4.69, 9.17) is 5.11 Å². The molecule has 0 amide bonds. The fourth-order valence-electron chi connectivity index (χ4n) is 0.629. The lowest BCUT2D eigenvalue weighted by Gasteiger charge is -1.99. The molecule has 0 saturated heterocycles. The molecular weight excluding hydrogens is 182 g/mol. The first kappa shape index (κ1) is 12.3. The van der Waals surface area contributed by atoms with E-state index in [-0.39, 0.29) is 6.61 Å². The second-order valence-electron chi connectivity index (χ2n) is 2.44. The zero-order valence-corrected chi connectivity index (χ0v) is 9.03. The Morgan fingerprint density at radius 3 is 2.69 bits per heavy atom. The molecule has 0 unspecified atom stereocenters. The van der Waals surface area contributed by atoms with E-state index in [1.165, 1.54) is 0 Å². The van der Waals surface area contributed by atoms with Crippen LogP contribution in [-0.2, 0) is 0 Å². The van der Waals surface area contributed by atoms with Gasteiger partial charge >= 0.3 is 0 Å². The average molecular weight is 199 g/mol. The highest BCUT2D eigenvalue weighted by Gasteiger charge is 1.90. The van der Waals surface area contributed by atoms with E-state index in [1.54, 1.807) is 17.8 Å². The topological polar surface area (TPSA) is 32.3 Å². The second-order valence-corrected chi connectivity index (χ2v) is 3.61. The zero-order chi connectivity index (χ0) is 10.1. The summed E-state index contributed by atoms with van der Waals surface area (Å²) in [5.41, 5.74) is 1.10. The summed E-state index contributed by atoms with van der Waals surface area (Å²) in [5.74, 6) is 0.713. The molecule has 0 aromatic carbocycles. The molecule has 2 N–H and O–H groups in total. The van der Waals surface area contributed by atoms with Gasteiger partial charge in [-0.3, -0.25) is 0 Å². The molecule has 0 rings (SSSR count). The Kier molecular flexibility index (Phi) is 7.54. The van der Waals surface area contributed by atoms with Crippen molar-refractivity contribution in [3.63, 3.8) is 0 Å². The monoisotopic (exact) mass is 199 g/mol. The highest BCUT2D eigenvalue weighted by atomic mass is 32.2. The van der Waals surface area contributed by atoms with Gasteiger partial charge in [0.2, 0.25) is 0 Å². The van der Waals surface area contributed by atoms with Crippen molar-refractivity contribution >= 4 is 11.8 Å². The molecule has 0 aliphatic rings. The van der Waals surface area contributed by atoms with Crippen LogP contribution in [0, 0.1) is 0 Å². The quantitative estimate of drug-likeness (QED) is 0.641. The number of aliphatic hydroxyl groups is 1. The minimum atomic E-state index is 0.199. The Bertz CT molecular complexity index is 209. The molecule has 0 spiro atoms. The van der Waals surface area contributed by atoms with Gasteiger partial charge in [-0.1, -0.05) is 12.7 Å². The molecule has 0 aromatic heterocycles. The Morgan fingerprint density at radius 1 is 1.54 bits per heavy atom. The lowest BCUT2D eigenvalue weighted by Crippen LogP contribution is -2.00. The molecule has 0 radical (unpaired) electrons. The molecule has 0 aliphatic carbocycles. The maximum atomic E-state index is 8.62. The lowest BCUT2D eigenvalue weighted by atomic mass is 10.4. The van der Waals surface area contributed by atoms with Crippen LogP contribution in [0.4, 0.5) is 0 Å². The Labute approximate surface area is 84.4 Å². The number of nitrogens with one attached hydrogen (secondary N) is 1. The van der Waals surface area contributed by atoms with Crippen LogP contribution in [0.5, 0.6) is 0 Å². The van der Waals surface area contributed by atoms with Gasteiger partial charge in [-0.25, -0.2) is 0 Å². The summed E-state index contributed by atoms with van der Waals surface area (Å²) in [7, 11) is 1.88. The largest absolute Gasteiger partial charge is 0.396 e. The number of aliphatic hydroxyl groups excluding tert-OH is 1. The second kappa shape index (κ2) is 7.95. The normalized spacial score (nSPS) is 12.8. The maximum absolute atomic E-state index is 8.62. The Hall–Kier alpha value is -0.670. The van der Waals surface area contributed by atoms with E-state index in [9.17, 15) is 0 Å². The van der Waals surface area contributed by atoms with Gasteiger partial charge in [0.25, 0.3) is 0 Å². The van der Waals surface area contributed by atoms with Crippen LogP contribution >= 0.6 is 11.8 Å². The summed E-state index contributed by atoms with van der Waals surface area (Å²) < 4.78 is 0. The van der Waals surface area contributed by atoms with Crippen molar-refractivity contribution in [3.8, 4) is 0 Å². The van der Waals surface area contributed by atoms with Crippen molar-refractivity contribution < 1.29 is 5.11 Å². The van der Waals surface area contributed by atoms with Gasteiger partial charge in [-0.15, -0.1) is 11.8 Å². The number of hydrogen-bond acceptors (Lipinski definition) is 3. The standard InChI is InChI=1S/C10H17NOS/c1-4-10(13-8-7-12)6-5-9(2)11-3/h4-6,11-12H,1,7-8H2,2-3H3/b9-5+,10-6+. The van der Waals surface area contributed by atoms with Gasteiger partial charge in [-0.05, 0) is 19.1 Å². The lowest BCUT2D eigenvalue weighted by molar-refractivity contribution is 0.322. The highest BCUT2D eigenvalue weighted by Crippen LogP contribution is 2.15. The molecular formula is C10H17NOS. The van der Waals surface area contributed by atoms with E-state index in [0.29, 0.717) is 5.75 Å². The van der Waals surface area contributed by atoms with Crippen molar-refractivity contribution in [2.75, 3.05) is 19.4 Å². The molecule has 0 saturated carbocycles. The molecule has 0 aliphatic heterocycles. The van der Waals surface area contributed by atoms with Crippen LogP contribution in [0.2, 0.25) is 0 Å². The first-order chi connectivity index (χ1) is 6.24. The first-order valence-electron chi connectivity index (χ1n) is 4.17. The third-order valence-electron chi connectivity index (χ3n) is 1.45. The molecule has 3 heteroatoms. The van der Waals surface area contributed by atoms with Crippen LogP contribution in [0.1, 0.15) is 6.92 Å².